The molecule has 0 radical (unpaired) electrons. The first-order valence-corrected chi connectivity index (χ1v) is 8.04. The van der Waals surface area contributed by atoms with Crippen LogP contribution in [0.3, 0.4) is 0 Å². The van der Waals surface area contributed by atoms with E-state index in [0.29, 0.717) is 24.1 Å². The molecule has 0 aliphatic heterocycles. The lowest BCUT2D eigenvalue weighted by atomic mass is 10.1. The number of aliphatic hydroxyl groups excluding tert-OH is 1. The van der Waals surface area contributed by atoms with Crippen molar-refractivity contribution >= 4 is 33.2 Å². The first kappa shape index (κ1) is 17.8. The molecule has 2 unspecified atom stereocenters. The van der Waals surface area contributed by atoms with Gasteiger partial charge in [0.05, 0.1) is 34.0 Å². The molecule has 20 heavy (non-hydrogen) atoms. The number of benzene rings is 1. The maximum absolute atomic E-state index is 9.92. The van der Waals surface area contributed by atoms with Crippen LogP contribution in [-0.2, 0) is 4.74 Å². The molecule has 5 heteroatoms. The summed E-state index contributed by atoms with van der Waals surface area (Å²) in [4.78, 5) is 0. The highest BCUT2D eigenvalue weighted by atomic mass is 79.9. The Labute approximate surface area is 134 Å². The fourth-order valence-corrected chi connectivity index (χ4v) is 2.51. The van der Waals surface area contributed by atoms with E-state index >= 15 is 0 Å². The molecule has 0 aromatic heterocycles. The van der Waals surface area contributed by atoms with Gasteiger partial charge in [0.2, 0.25) is 0 Å². The molecular weight excluding hydrogens is 342 g/mol. The maximum Gasteiger partial charge on any atom is 0.0945 e. The van der Waals surface area contributed by atoms with Crippen LogP contribution in [0.1, 0.15) is 27.2 Å². The molecule has 0 aliphatic rings. The number of nitrogens with one attached hydrogen (secondary N) is 1. The van der Waals surface area contributed by atoms with Crippen LogP contribution >= 0.6 is 27.5 Å². The Balaban J connectivity index is 2.33. The van der Waals surface area contributed by atoms with Crippen molar-refractivity contribution in [3.05, 3.63) is 27.7 Å². The van der Waals surface area contributed by atoms with Crippen molar-refractivity contribution in [2.45, 2.75) is 39.4 Å². The molecule has 3 nitrogen and oxygen atoms in total. The predicted molar refractivity (Wildman–Crippen MR) is 88.5 cm³/mol. The third-order valence-electron chi connectivity index (χ3n) is 2.86. The zero-order chi connectivity index (χ0) is 15.1. The Hall–Kier alpha value is -0.290. The summed E-state index contributed by atoms with van der Waals surface area (Å²) < 4.78 is 6.44. The van der Waals surface area contributed by atoms with Gasteiger partial charge in [-0.3, -0.25) is 0 Å². The highest BCUT2D eigenvalue weighted by Gasteiger charge is 2.10. The lowest BCUT2D eigenvalue weighted by molar-refractivity contribution is -0.00444. The summed E-state index contributed by atoms with van der Waals surface area (Å²) in [5.74, 6) is 0.600. The Kier molecular flexibility index (Phi) is 7.88. The quantitative estimate of drug-likeness (QED) is 0.721. The van der Waals surface area contributed by atoms with Gasteiger partial charge in [0, 0.05) is 6.54 Å². The molecule has 2 N–H and O–H groups in total. The van der Waals surface area contributed by atoms with Crippen molar-refractivity contribution < 1.29 is 9.84 Å². The summed E-state index contributed by atoms with van der Waals surface area (Å²) in [6.07, 6.45) is 0.623. The first-order chi connectivity index (χ1) is 9.40. The van der Waals surface area contributed by atoms with Gasteiger partial charge in [0.1, 0.15) is 0 Å². The summed E-state index contributed by atoms with van der Waals surface area (Å²) in [7, 11) is 0. The van der Waals surface area contributed by atoms with Gasteiger partial charge in [-0.2, -0.15) is 0 Å². The van der Waals surface area contributed by atoms with E-state index < -0.39 is 6.10 Å². The lowest BCUT2D eigenvalue weighted by Crippen LogP contribution is -2.27. The zero-order valence-corrected chi connectivity index (χ0v) is 14.5. The second-order valence-corrected chi connectivity index (χ2v) is 6.61. The Morgan fingerprint density at radius 1 is 1.35 bits per heavy atom. The molecule has 0 fully saturated rings. The van der Waals surface area contributed by atoms with Gasteiger partial charge in [-0.25, -0.2) is 0 Å². The Morgan fingerprint density at radius 2 is 2.05 bits per heavy atom. The molecule has 1 rings (SSSR count). The average molecular weight is 365 g/mol. The molecule has 114 valence electrons. The van der Waals surface area contributed by atoms with Crippen LogP contribution in [0.4, 0.5) is 5.69 Å². The number of hydrogen-bond donors (Lipinski definition) is 2. The van der Waals surface area contributed by atoms with Crippen molar-refractivity contribution in [1.29, 1.82) is 0 Å². The van der Waals surface area contributed by atoms with Gasteiger partial charge in [-0.05, 0) is 47.3 Å². The molecule has 1 aromatic carbocycles. The van der Waals surface area contributed by atoms with Crippen molar-refractivity contribution in [2.24, 2.45) is 5.92 Å². The van der Waals surface area contributed by atoms with Crippen molar-refractivity contribution in [3.8, 4) is 0 Å². The van der Waals surface area contributed by atoms with Gasteiger partial charge >= 0.3 is 0 Å². The number of hydrogen-bond acceptors (Lipinski definition) is 3. The summed E-state index contributed by atoms with van der Waals surface area (Å²) in [5.41, 5.74) is 0.867. The van der Waals surface area contributed by atoms with E-state index in [-0.39, 0.29) is 6.10 Å². The minimum Gasteiger partial charge on any atom is -0.389 e. The standard InChI is InChI=1S/C15H23BrClNO2/c1-10(2)7-11(3)20-9-12(19)8-18-14-6-4-5-13(17)15(14)16/h4-6,10-12,18-19H,7-9H2,1-3H3. The van der Waals surface area contributed by atoms with Crippen LogP contribution in [0.25, 0.3) is 0 Å². The van der Waals surface area contributed by atoms with Crippen LogP contribution < -0.4 is 5.32 Å². The molecular formula is C15H23BrClNO2. The lowest BCUT2D eigenvalue weighted by Gasteiger charge is -2.19. The van der Waals surface area contributed by atoms with Gasteiger partial charge in [0.25, 0.3) is 0 Å². The minimum atomic E-state index is -0.546. The monoisotopic (exact) mass is 363 g/mol. The van der Waals surface area contributed by atoms with Crippen molar-refractivity contribution in [1.82, 2.24) is 0 Å². The number of anilines is 1. The minimum absolute atomic E-state index is 0.169. The fourth-order valence-electron chi connectivity index (χ4n) is 1.93. The van der Waals surface area contributed by atoms with E-state index in [1.807, 2.05) is 25.1 Å². The highest BCUT2D eigenvalue weighted by Crippen LogP contribution is 2.29. The smallest absolute Gasteiger partial charge is 0.0945 e. The number of rotatable bonds is 8. The van der Waals surface area contributed by atoms with Crippen molar-refractivity contribution in [2.75, 3.05) is 18.5 Å². The molecule has 0 amide bonds. The topological polar surface area (TPSA) is 41.5 Å². The van der Waals surface area contributed by atoms with Gasteiger partial charge < -0.3 is 15.2 Å². The van der Waals surface area contributed by atoms with Crippen LogP contribution in [0.2, 0.25) is 5.02 Å². The van der Waals surface area contributed by atoms with Gasteiger partial charge in [0.15, 0.2) is 0 Å². The average Bonchev–Trinajstić information content (AvgIpc) is 2.37. The van der Waals surface area contributed by atoms with Crippen LogP contribution in [0, 0.1) is 5.92 Å². The first-order valence-electron chi connectivity index (χ1n) is 6.87. The van der Waals surface area contributed by atoms with Crippen LogP contribution in [0.5, 0.6) is 0 Å². The molecule has 1 aromatic rings. The predicted octanol–water partition coefficient (Wildman–Crippen LogP) is 4.33. The van der Waals surface area contributed by atoms with Crippen molar-refractivity contribution in [3.63, 3.8) is 0 Å². The fraction of sp³-hybridized carbons (Fsp3) is 0.600. The Bertz CT molecular complexity index is 415. The van der Waals surface area contributed by atoms with E-state index in [9.17, 15) is 5.11 Å². The van der Waals surface area contributed by atoms with Gasteiger partial charge in [-0.15, -0.1) is 0 Å². The largest absolute Gasteiger partial charge is 0.389 e. The highest BCUT2D eigenvalue weighted by molar-refractivity contribution is 9.10. The van der Waals surface area contributed by atoms with E-state index in [4.69, 9.17) is 16.3 Å². The second kappa shape index (κ2) is 8.88. The molecule has 0 heterocycles. The van der Waals surface area contributed by atoms with E-state index in [2.05, 4.69) is 35.1 Å². The second-order valence-electron chi connectivity index (χ2n) is 5.41. The van der Waals surface area contributed by atoms with Gasteiger partial charge in [-0.1, -0.05) is 31.5 Å². The molecule has 0 saturated heterocycles. The van der Waals surface area contributed by atoms with E-state index in [1.54, 1.807) is 0 Å². The summed E-state index contributed by atoms with van der Waals surface area (Å²) in [6.45, 7) is 7.11. The van der Waals surface area contributed by atoms with Crippen LogP contribution in [-0.4, -0.2) is 30.5 Å². The molecule has 0 bridgehead atoms. The molecule has 0 aliphatic carbocycles. The van der Waals surface area contributed by atoms with E-state index in [1.165, 1.54) is 0 Å². The third kappa shape index (κ3) is 6.44. The molecule has 0 saturated carbocycles. The molecule has 2 atom stereocenters. The maximum atomic E-state index is 9.92. The Morgan fingerprint density at radius 3 is 2.70 bits per heavy atom. The zero-order valence-electron chi connectivity index (χ0n) is 12.2. The SMILES string of the molecule is CC(C)CC(C)OCC(O)CNc1cccc(Cl)c1Br. The van der Waals surface area contributed by atoms with E-state index in [0.717, 1.165) is 16.6 Å². The number of aliphatic hydroxyl groups is 1. The molecule has 0 spiro atoms. The number of halogens is 2. The summed E-state index contributed by atoms with van der Waals surface area (Å²) in [5, 5.41) is 13.7. The number of ether oxygens (including phenoxy) is 1. The normalized spacial score (nSPS) is 14.3. The third-order valence-corrected chi connectivity index (χ3v) is 4.25. The van der Waals surface area contributed by atoms with Crippen LogP contribution in [0.15, 0.2) is 22.7 Å². The summed E-state index contributed by atoms with van der Waals surface area (Å²) in [6, 6.07) is 5.58. The summed E-state index contributed by atoms with van der Waals surface area (Å²) >= 11 is 9.42.